The van der Waals surface area contributed by atoms with E-state index in [1.54, 1.807) is 0 Å². The summed E-state index contributed by atoms with van der Waals surface area (Å²) in [6, 6.07) is -40.0. The van der Waals surface area contributed by atoms with Gasteiger partial charge in [-0.25, -0.2) is 0 Å². The number of hydrogen-bond donors (Lipinski definition) is 0. The number of anilines is 3. The number of fused-ring (bicyclic) bond motifs is 9. The van der Waals surface area contributed by atoms with Gasteiger partial charge in [0, 0.05) is 58.8 Å². The zero-order chi connectivity index (χ0) is 75.2. The Morgan fingerprint density at radius 2 is 1.02 bits per heavy atom. The molecule has 0 atom stereocenters. The number of nitrogens with zero attached hydrogens (tertiary/aromatic N) is 2. The van der Waals surface area contributed by atoms with E-state index < -0.39 is 350 Å². The molecule has 3 heterocycles. The van der Waals surface area contributed by atoms with Gasteiger partial charge in [0.1, 0.15) is 11.2 Å². The molecule has 300 valence electrons. The lowest BCUT2D eigenvalue weighted by Gasteiger charge is -2.27. The van der Waals surface area contributed by atoms with E-state index in [1.165, 1.54) is 0 Å². The maximum absolute atomic E-state index is 10.2. The number of hydrogen-bond acceptors (Lipinski definition) is 3. The Kier molecular flexibility index (Phi) is 3.45. The summed E-state index contributed by atoms with van der Waals surface area (Å²) in [5, 5.41) is -3.58. The van der Waals surface area contributed by atoms with Gasteiger partial charge in [-0.05, 0) is 112 Å². The van der Waals surface area contributed by atoms with Crippen LogP contribution in [0.5, 0.6) is 0 Å². The van der Waals surface area contributed by atoms with Crippen molar-refractivity contribution in [3.63, 3.8) is 0 Å². The van der Waals surface area contributed by atoms with Gasteiger partial charge >= 0.3 is 0 Å². The third-order valence-electron chi connectivity index (χ3n) is 10.1. The van der Waals surface area contributed by atoms with Crippen molar-refractivity contribution in [2.75, 3.05) is 4.90 Å². The minimum absolute atomic E-state index is 0.352. The highest BCUT2D eigenvalue weighted by Crippen LogP contribution is 2.49. The van der Waals surface area contributed by atoms with Gasteiger partial charge < -0.3 is 13.9 Å². The van der Waals surface area contributed by atoms with Gasteiger partial charge in [-0.2, -0.15) is 0 Å². The van der Waals surface area contributed by atoms with E-state index in [1.807, 2.05) is 0 Å². The molecule has 0 N–H and O–H groups in total. The molecule has 3 aromatic heterocycles. The average molecular weight is 873 g/mol. The summed E-state index contributed by atoms with van der Waals surface area (Å²) in [7, 11) is 0. The maximum Gasteiger partial charge on any atom is 0.136 e. The Morgan fingerprint density at radius 1 is 0.406 bits per heavy atom. The normalized spacial score (nSPS) is 20.1. The largest absolute Gasteiger partial charge is 0.456 e. The second-order valence-corrected chi connectivity index (χ2v) is 14.6. The summed E-state index contributed by atoms with van der Waals surface area (Å²) in [5.74, 6) is 0. The molecule has 0 radical (unpaired) electrons. The van der Waals surface area contributed by atoms with E-state index in [4.69, 9.17) is 31.8 Å². The first kappa shape index (κ1) is 15.0. The SMILES string of the molecule is [2H]c1c([2H])c([2H])c(N(c2c([2H])c([2H])c(-c3c([2H])c([2H])c([2H])c(-n4c5c([2H])c([2H])c([2H])c([2H])c5c5c([2H])c([2H])c([2H])c([2H])c54)c3[2H])c([2H])c2[2H])c2c([2H])c([2H])c(-c3c([2H])c([2H])c([2H])c(-c4c([2H])c([2H])c([2H])c5oc6c([2H])c([2H])c([2H])c([2H])c6c45)c3[2H])c3sc4c([2H])c([2H])c([2H])c([2H])c4c23)c([2H])c1[2H]. The zero-order valence-corrected chi connectivity index (χ0v) is 32.5. The van der Waals surface area contributed by atoms with Crippen LogP contribution in [-0.2, 0) is 0 Å². The van der Waals surface area contributed by atoms with Crippen LogP contribution >= 0.6 is 11.3 Å². The van der Waals surface area contributed by atoms with Crippen LogP contribution in [0.25, 0.3) is 103 Å². The second kappa shape index (κ2) is 14.7. The first-order chi connectivity index (χ1) is 47.6. The number of para-hydroxylation sites is 4. The molecule has 3 nitrogen and oxygen atoms in total. The highest BCUT2D eigenvalue weighted by Gasteiger charge is 2.22. The fourth-order valence-corrected chi connectivity index (χ4v) is 8.51. The number of furan rings is 1. The van der Waals surface area contributed by atoms with Crippen molar-refractivity contribution in [2.45, 2.75) is 0 Å². The number of thiophene rings is 1. The minimum atomic E-state index is -1.39. The fourth-order valence-electron chi connectivity index (χ4n) is 7.40. The van der Waals surface area contributed by atoms with Gasteiger partial charge in [0.15, 0.2) is 0 Å². The van der Waals surface area contributed by atoms with Gasteiger partial charge in [-0.15, -0.1) is 11.3 Å². The van der Waals surface area contributed by atoms with Crippen LogP contribution in [0.1, 0.15) is 52.1 Å². The molecule has 0 fully saturated rings. The third kappa shape index (κ3) is 5.81. The van der Waals surface area contributed by atoms with Gasteiger partial charge in [0.05, 0.1) is 68.8 Å². The van der Waals surface area contributed by atoms with Crippen molar-refractivity contribution in [3.8, 4) is 39.1 Å². The van der Waals surface area contributed by atoms with Gasteiger partial charge in [-0.1, -0.05) is 151 Å². The van der Waals surface area contributed by atoms with Crippen LogP contribution in [0.2, 0.25) is 0 Å². The maximum atomic E-state index is 10.2. The zero-order valence-electron chi connectivity index (χ0n) is 69.7. The number of aromatic nitrogens is 1. The van der Waals surface area contributed by atoms with Crippen LogP contribution in [0.15, 0.2) is 234 Å². The first-order valence-electron chi connectivity index (χ1n) is 37.7. The lowest BCUT2D eigenvalue weighted by Crippen LogP contribution is -2.10. The molecule has 0 unspecified atom stereocenters. The molecular weight excluding hydrogens is 797 g/mol. The molecule has 13 rings (SSSR count). The lowest BCUT2D eigenvalue weighted by atomic mass is 9.94. The van der Waals surface area contributed by atoms with Crippen molar-refractivity contribution in [3.05, 3.63) is 230 Å². The fraction of sp³-hybridized carbons (Fsp3) is 0. The molecule has 0 amide bonds. The number of rotatable bonds is 7. The van der Waals surface area contributed by atoms with Gasteiger partial charge in [-0.3, -0.25) is 0 Å². The smallest absolute Gasteiger partial charge is 0.136 e. The van der Waals surface area contributed by atoms with E-state index in [2.05, 4.69) is 0 Å². The van der Waals surface area contributed by atoms with E-state index in [-0.39, 0.29) is 0 Å². The summed E-state index contributed by atoms with van der Waals surface area (Å²) in [6.07, 6.45) is 0. The Balaban J connectivity index is 1.19. The molecule has 4 heteroatoms. The molecule has 13 aromatic rings. The number of benzene rings is 10. The van der Waals surface area contributed by atoms with Crippen molar-refractivity contribution in [1.29, 1.82) is 0 Å². The Bertz CT molecular complexity index is 6060. The Hall–Kier alpha value is -8.18. The van der Waals surface area contributed by atoms with E-state index in [9.17, 15) is 24.7 Å². The van der Waals surface area contributed by atoms with E-state index >= 15 is 0 Å². The lowest BCUT2D eigenvalue weighted by molar-refractivity contribution is 0.669. The molecule has 0 saturated heterocycles. The van der Waals surface area contributed by atoms with Crippen molar-refractivity contribution in [1.82, 2.24) is 4.57 Å². The van der Waals surface area contributed by atoms with Crippen molar-refractivity contribution < 1.29 is 56.5 Å². The molecule has 0 bridgehead atoms. The van der Waals surface area contributed by atoms with Crippen LogP contribution in [0.4, 0.5) is 17.1 Å². The molecule has 0 spiro atoms. The summed E-state index contributed by atoms with van der Waals surface area (Å²) >= 11 is 0.352. The molecule has 0 aliphatic rings. The second-order valence-electron chi connectivity index (χ2n) is 13.5. The van der Waals surface area contributed by atoms with Crippen molar-refractivity contribution in [2.24, 2.45) is 0 Å². The Labute approximate surface area is 427 Å². The monoisotopic (exact) mass is 873 g/mol. The van der Waals surface area contributed by atoms with Gasteiger partial charge in [0.25, 0.3) is 0 Å². The standard InChI is InChI=1S/C60H38N2OS/c1-2-18-43(19-3-1)61(44-33-31-39(32-34-44)40-15-13-20-45(38-40)62-52-26-8-4-21-48(52)49-22-5-9-27-53(49)62)54-36-35-47(60-59(54)51-24-7-11-30-57(51)64-60)42-17-12-16-41(37-42)46-25-14-29-56-58(46)50-23-6-10-28-55(50)63-56/h1-38H/i1D,2D,3D,4D,5D,6D,7D,8D,9D,10D,11D,12D,13D,14D,15D,16D,17D,18D,19D,20D,21D,22D,23D,24D,25D,26D,27D,28D,29D,30D,31D,32D,33D,34D,35D,36D,37D,38D. The molecule has 64 heavy (non-hydrogen) atoms. The third-order valence-corrected chi connectivity index (χ3v) is 11.2. The predicted octanol–water partition coefficient (Wildman–Crippen LogP) is 17.5. The highest BCUT2D eigenvalue weighted by atomic mass is 32.1. The topological polar surface area (TPSA) is 21.3 Å². The molecule has 0 saturated carbocycles. The molecule has 0 aliphatic carbocycles. The van der Waals surface area contributed by atoms with Crippen molar-refractivity contribution >= 4 is 92.3 Å². The summed E-state index contributed by atoms with van der Waals surface area (Å²) in [6.45, 7) is 0. The van der Waals surface area contributed by atoms with Gasteiger partial charge in [0.2, 0.25) is 0 Å². The van der Waals surface area contributed by atoms with E-state index in [0.717, 1.165) is 0 Å². The van der Waals surface area contributed by atoms with Crippen LogP contribution < -0.4 is 4.90 Å². The minimum Gasteiger partial charge on any atom is -0.456 e. The Morgan fingerprint density at radius 3 is 1.81 bits per heavy atom. The molecule has 10 aromatic carbocycles. The molecule has 0 aliphatic heterocycles. The van der Waals surface area contributed by atoms with Crippen LogP contribution in [-0.4, -0.2) is 4.57 Å². The predicted molar refractivity (Wildman–Crippen MR) is 272 cm³/mol. The first-order valence-corrected chi connectivity index (χ1v) is 19.5. The molecular formula is C60H38N2OS. The summed E-state index contributed by atoms with van der Waals surface area (Å²) < 4.78 is 355. The highest BCUT2D eigenvalue weighted by molar-refractivity contribution is 7.26. The van der Waals surface area contributed by atoms with E-state index in [0.29, 0.717) is 20.8 Å². The average Bonchev–Trinajstić information content (AvgIpc) is 1.60. The summed E-state index contributed by atoms with van der Waals surface area (Å²) in [4.78, 5) is 0.380. The summed E-state index contributed by atoms with van der Waals surface area (Å²) in [5.41, 5.74) is -12.5. The van der Waals surface area contributed by atoms with Crippen LogP contribution in [0.3, 0.4) is 0 Å². The van der Waals surface area contributed by atoms with Crippen LogP contribution in [0, 0.1) is 0 Å². The quantitative estimate of drug-likeness (QED) is 0.159.